The highest BCUT2D eigenvalue weighted by Gasteiger charge is 2.23. The normalized spacial score (nSPS) is 18.4. The number of nitrogens with one attached hydrogen (secondary N) is 2. The predicted molar refractivity (Wildman–Crippen MR) is 68.3 cm³/mol. The number of hydrogen-bond acceptors (Lipinski definition) is 3. The third-order valence-electron chi connectivity index (χ3n) is 2.67. The minimum Gasteiger partial charge on any atom is -0.368 e. The van der Waals surface area contributed by atoms with Crippen LogP contribution in [0.2, 0.25) is 0 Å². The summed E-state index contributed by atoms with van der Waals surface area (Å²) in [6.45, 7) is 2.08. The fourth-order valence-electron chi connectivity index (χ4n) is 1.89. The van der Waals surface area contributed by atoms with Crippen molar-refractivity contribution in [3.63, 3.8) is 0 Å². The number of anilines is 2. The van der Waals surface area contributed by atoms with Crippen LogP contribution < -0.4 is 10.6 Å². The molecule has 1 aliphatic rings. The first-order valence-electron chi connectivity index (χ1n) is 5.95. The molecule has 5 heteroatoms. The first-order valence-corrected chi connectivity index (χ1v) is 5.95. The standard InChI is InChI=1S/C13H16N2O3/c1-9(16)14-10-4-2-5-11(8-10)15-13(17)12-6-3-7-18-12/h2,4-5,8,12H,3,6-7H2,1H3,(H,14,16)(H,15,17)/t12-/m0/s1. The molecule has 0 saturated carbocycles. The molecular formula is C13H16N2O3. The van der Waals surface area contributed by atoms with Crippen molar-refractivity contribution >= 4 is 23.2 Å². The first-order chi connectivity index (χ1) is 8.65. The summed E-state index contributed by atoms with van der Waals surface area (Å²) >= 11 is 0. The second kappa shape index (κ2) is 5.64. The molecule has 5 nitrogen and oxygen atoms in total. The average Bonchev–Trinajstić information content (AvgIpc) is 2.81. The SMILES string of the molecule is CC(=O)Nc1cccc(NC(=O)[C@@H]2CCCO2)c1. The maximum atomic E-state index is 11.8. The minimum atomic E-state index is -0.352. The topological polar surface area (TPSA) is 67.4 Å². The van der Waals surface area contributed by atoms with E-state index in [2.05, 4.69) is 10.6 Å². The van der Waals surface area contributed by atoms with E-state index in [1.807, 2.05) is 0 Å². The third-order valence-corrected chi connectivity index (χ3v) is 2.67. The van der Waals surface area contributed by atoms with Crippen LogP contribution in [0.25, 0.3) is 0 Å². The lowest BCUT2D eigenvalue weighted by Gasteiger charge is -2.11. The van der Waals surface area contributed by atoms with Crippen LogP contribution in [-0.4, -0.2) is 24.5 Å². The third kappa shape index (κ3) is 3.30. The number of benzene rings is 1. The molecule has 0 aromatic heterocycles. The molecule has 2 rings (SSSR count). The van der Waals surface area contributed by atoms with Crippen LogP contribution in [0.1, 0.15) is 19.8 Å². The van der Waals surface area contributed by atoms with Gasteiger partial charge in [-0.15, -0.1) is 0 Å². The summed E-state index contributed by atoms with van der Waals surface area (Å²) in [4.78, 5) is 22.8. The largest absolute Gasteiger partial charge is 0.368 e. The molecule has 1 heterocycles. The van der Waals surface area contributed by atoms with Crippen molar-refractivity contribution in [3.05, 3.63) is 24.3 Å². The molecule has 2 N–H and O–H groups in total. The van der Waals surface area contributed by atoms with Crippen LogP contribution in [0.15, 0.2) is 24.3 Å². The number of hydrogen-bond donors (Lipinski definition) is 2. The molecule has 1 fully saturated rings. The second-order valence-corrected chi connectivity index (χ2v) is 4.25. The Morgan fingerprint density at radius 3 is 2.61 bits per heavy atom. The molecule has 18 heavy (non-hydrogen) atoms. The molecule has 2 amide bonds. The van der Waals surface area contributed by atoms with Crippen molar-refractivity contribution in [3.8, 4) is 0 Å². The lowest BCUT2D eigenvalue weighted by atomic mass is 10.2. The van der Waals surface area contributed by atoms with Gasteiger partial charge in [0.15, 0.2) is 0 Å². The summed E-state index contributed by atoms with van der Waals surface area (Å²) in [6.07, 6.45) is 1.33. The van der Waals surface area contributed by atoms with Gasteiger partial charge in [0.2, 0.25) is 5.91 Å². The molecule has 1 atom stereocenters. The summed E-state index contributed by atoms with van der Waals surface area (Å²) in [5.74, 6) is -0.273. The van der Waals surface area contributed by atoms with Gasteiger partial charge in [0.05, 0.1) is 0 Å². The highest BCUT2D eigenvalue weighted by molar-refractivity contribution is 5.95. The Balaban J connectivity index is 2.00. The fourth-order valence-corrected chi connectivity index (χ4v) is 1.89. The predicted octanol–water partition coefficient (Wildman–Crippen LogP) is 1.76. The number of amides is 2. The van der Waals surface area contributed by atoms with E-state index >= 15 is 0 Å². The molecular weight excluding hydrogens is 232 g/mol. The summed E-state index contributed by atoms with van der Waals surface area (Å²) in [5.41, 5.74) is 1.31. The Bertz CT molecular complexity index is 453. The molecule has 0 radical (unpaired) electrons. The Morgan fingerprint density at radius 1 is 1.28 bits per heavy atom. The van der Waals surface area contributed by atoms with Crippen molar-refractivity contribution < 1.29 is 14.3 Å². The molecule has 0 unspecified atom stereocenters. The van der Waals surface area contributed by atoms with Gasteiger partial charge in [-0.25, -0.2) is 0 Å². The number of carbonyl (C=O) groups excluding carboxylic acids is 2. The van der Waals surface area contributed by atoms with Gasteiger partial charge in [-0.1, -0.05) is 6.07 Å². The Labute approximate surface area is 106 Å². The lowest BCUT2D eigenvalue weighted by Crippen LogP contribution is -2.26. The zero-order chi connectivity index (χ0) is 13.0. The van der Waals surface area contributed by atoms with Crippen LogP contribution in [-0.2, 0) is 14.3 Å². The van der Waals surface area contributed by atoms with E-state index in [1.165, 1.54) is 6.92 Å². The van der Waals surface area contributed by atoms with Gasteiger partial charge in [-0.2, -0.15) is 0 Å². The zero-order valence-corrected chi connectivity index (χ0v) is 10.2. The molecule has 96 valence electrons. The molecule has 1 aromatic carbocycles. The quantitative estimate of drug-likeness (QED) is 0.856. The average molecular weight is 248 g/mol. The Morgan fingerprint density at radius 2 is 2.00 bits per heavy atom. The van der Waals surface area contributed by atoms with Crippen molar-refractivity contribution in [2.75, 3.05) is 17.2 Å². The van der Waals surface area contributed by atoms with Gasteiger partial charge in [0.25, 0.3) is 5.91 Å². The summed E-state index contributed by atoms with van der Waals surface area (Å²) in [6, 6.07) is 7.03. The van der Waals surface area contributed by atoms with E-state index in [-0.39, 0.29) is 17.9 Å². The van der Waals surface area contributed by atoms with Crippen LogP contribution in [0.4, 0.5) is 11.4 Å². The molecule has 1 saturated heterocycles. The van der Waals surface area contributed by atoms with Gasteiger partial charge in [-0.05, 0) is 31.0 Å². The van der Waals surface area contributed by atoms with E-state index in [9.17, 15) is 9.59 Å². The van der Waals surface area contributed by atoms with Crippen molar-refractivity contribution in [2.45, 2.75) is 25.9 Å². The van der Waals surface area contributed by atoms with Crippen LogP contribution in [0.5, 0.6) is 0 Å². The molecule has 1 aliphatic heterocycles. The summed E-state index contributed by atoms with van der Waals surface area (Å²) < 4.78 is 5.30. The van der Waals surface area contributed by atoms with E-state index < -0.39 is 0 Å². The minimum absolute atomic E-state index is 0.132. The number of ether oxygens (including phenoxy) is 1. The smallest absolute Gasteiger partial charge is 0.253 e. The Kier molecular flexibility index (Phi) is 3.94. The monoisotopic (exact) mass is 248 g/mol. The first kappa shape index (κ1) is 12.6. The summed E-state index contributed by atoms with van der Waals surface area (Å²) in [7, 11) is 0. The zero-order valence-electron chi connectivity index (χ0n) is 10.2. The van der Waals surface area contributed by atoms with Crippen molar-refractivity contribution in [1.82, 2.24) is 0 Å². The number of carbonyl (C=O) groups is 2. The highest BCUT2D eigenvalue weighted by Crippen LogP contribution is 2.18. The lowest BCUT2D eigenvalue weighted by molar-refractivity contribution is -0.124. The van der Waals surface area contributed by atoms with Crippen molar-refractivity contribution in [2.24, 2.45) is 0 Å². The highest BCUT2D eigenvalue weighted by atomic mass is 16.5. The van der Waals surface area contributed by atoms with Gasteiger partial charge in [0, 0.05) is 24.9 Å². The van der Waals surface area contributed by atoms with E-state index in [1.54, 1.807) is 24.3 Å². The van der Waals surface area contributed by atoms with Gasteiger partial charge < -0.3 is 15.4 Å². The Hall–Kier alpha value is -1.88. The van der Waals surface area contributed by atoms with E-state index in [4.69, 9.17) is 4.74 Å². The molecule has 0 bridgehead atoms. The van der Waals surface area contributed by atoms with Gasteiger partial charge in [0.1, 0.15) is 6.10 Å². The summed E-state index contributed by atoms with van der Waals surface area (Å²) in [5, 5.41) is 5.45. The molecule has 0 aliphatic carbocycles. The molecule has 1 aromatic rings. The molecule has 0 spiro atoms. The maximum Gasteiger partial charge on any atom is 0.253 e. The van der Waals surface area contributed by atoms with Crippen LogP contribution in [0, 0.1) is 0 Å². The van der Waals surface area contributed by atoms with E-state index in [0.29, 0.717) is 18.0 Å². The second-order valence-electron chi connectivity index (χ2n) is 4.25. The fraction of sp³-hybridized carbons (Fsp3) is 0.385. The number of rotatable bonds is 3. The maximum absolute atomic E-state index is 11.8. The van der Waals surface area contributed by atoms with Crippen LogP contribution in [0.3, 0.4) is 0 Å². The van der Waals surface area contributed by atoms with Gasteiger partial charge in [-0.3, -0.25) is 9.59 Å². The van der Waals surface area contributed by atoms with Crippen LogP contribution >= 0.6 is 0 Å². The van der Waals surface area contributed by atoms with E-state index in [0.717, 1.165) is 12.8 Å². The van der Waals surface area contributed by atoms with Crippen molar-refractivity contribution in [1.29, 1.82) is 0 Å². The van der Waals surface area contributed by atoms with Gasteiger partial charge >= 0.3 is 0 Å².